The van der Waals surface area contributed by atoms with E-state index in [2.05, 4.69) is 129 Å². The molecule has 11 heteroatoms. The van der Waals surface area contributed by atoms with Crippen molar-refractivity contribution in [3.8, 4) is 0 Å². The second-order valence-corrected chi connectivity index (χ2v) is 21.8. The largest absolute Gasteiger partial charge is 0.454 e. The van der Waals surface area contributed by atoms with E-state index in [0.717, 1.165) is 116 Å². The monoisotopic (exact) mass is 1130 g/mol. The molecule has 0 bridgehead atoms. The predicted octanol–water partition coefficient (Wildman–Crippen LogP) is 15.8. The smallest absolute Gasteiger partial charge is 0.306 e. The summed E-state index contributed by atoms with van der Waals surface area (Å²) in [4.78, 5) is 26.6. The van der Waals surface area contributed by atoms with E-state index in [1.54, 1.807) is 6.08 Å². The lowest BCUT2D eigenvalue weighted by molar-refractivity contribution is -0.305. The quantitative estimate of drug-likeness (QED) is 0.0195. The van der Waals surface area contributed by atoms with Gasteiger partial charge in [0, 0.05) is 6.42 Å². The number of allylic oxidation sites excluding steroid dienone is 19. The van der Waals surface area contributed by atoms with Crippen molar-refractivity contribution in [2.75, 3.05) is 13.2 Å². The van der Waals surface area contributed by atoms with Crippen molar-refractivity contribution >= 4 is 11.9 Å². The van der Waals surface area contributed by atoms with Gasteiger partial charge in [-0.05, 0) is 116 Å². The van der Waals surface area contributed by atoms with Crippen molar-refractivity contribution in [2.24, 2.45) is 0 Å². The first-order chi connectivity index (χ1) is 39.7. The van der Waals surface area contributed by atoms with Crippen molar-refractivity contribution in [2.45, 2.75) is 294 Å². The number of esters is 1. The summed E-state index contributed by atoms with van der Waals surface area (Å²) < 4.78 is 17.6. The third-order valence-electron chi connectivity index (χ3n) is 14.3. The zero-order valence-corrected chi connectivity index (χ0v) is 51.1. The van der Waals surface area contributed by atoms with Gasteiger partial charge < -0.3 is 45.1 Å². The SMILES string of the molecule is CC/C=C\C/C=C\C/C=C\C/C=C\C/C=C\C/C=C\CCCC(O)C(=O)NC(COC1OC(CO)C(O)C(O)C1OC(=O)CCCCCCCC/C=C\C/C=C\C/C=C\CCCCC)C(O)/C=C/CCCCCCCCCCCCC. The van der Waals surface area contributed by atoms with Crippen molar-refractivity contribution in [1.82, 2.24) is 5.32 Å². The second-order valence-electron chi connectivity index (χ2n) is 21.8. The Morgan fingerprint density at radius 3 is 1.36 bits per heavy atom. The Kier molecular flexibility index (Phi) is 52.4. The number of amides is 1. The van der Waals surface area contributed by atoms with Gasteiger partial charge in [0.1, 0.15) is 24.4 Å². The van der Waals surface area contributed by atoms with Gasteiger partial charge in [-0.3, -0.25) is 9.59 Å². The molecule has 1 rings (SSSR count). The minimum atomic E-state index is -1.64. The number of aliphatic hydroxyl groups excluding tert-OH is 5. The van der Waals surface area contributed by atoms with Gasteiger partial charge in [0.25, 0.3) is 0 Å². The number of aliphatic hydroxyl groups is 5. The predicted molar refractivity (Wildman–Crippen MR) is 338 cm³/mol. The molecule has 0 aromatic heterocycles. The summed E-state index contributed by atoms with van der Waals surface area (Å²) in [5.41, 5.74) is 0. The van der Waals surface area contributed by atoms with Crippen molar-refractivity contribution in [3.63, 3.8) is 0 Å². The van der Waals surface area contributed by atoms with E-state index in [0.29, 0.717) is 19.3 Å². The van der Waals surface area contributed by atoms with E-state index in [9.17, 15) is 35.1 Å². The molecule has 6 N–H and O–H groups in total. The van der Waals surface area contributed by atoms with E-state index >= 15 is 0 Å². The zero-order chi connectivity index (χ0) is 58.9. The van der Waals surface area contributed by atoms with Crippen molar-refractivity contribution < 1.29 is 49.3 Å². The molecule has 1 aliphatic rings. The summed E-state index contributed by atoms with van der Waals surface area (Å²) in [6, 6.07) is -1.06. The Morgan fingerprint density at radius 1 is 0.494 bits per heavy atom. The van der Waals surface area contributed by atoms with Crippen LogP contribution in [0.5, 0.6) is 0 Å². The summed E-state index contributed by atoms with van der Waals surface area (Å²) in [6.07, 6.45) is 68.0. The summed E-state index contributed by atoms with van der Waals surface area (Å²) in [5.74, 6) is -1.26. The minimum Gasteiger partial charge on any atom is -0.454 e. The number of unbranched alkanes of at least 4 members (excludes halogenated alkanes) is 21. The maximum absolute atomic E-state index is 13.4. The van der Waals surface area contributed by atoms with E-state index in [1.807, 2.05) is 12.2 Å². The fourth-order valence-corrected chi connectivity index (χ4v) is 9.25. The molecular formula is C70H117NO10. The van der Waals surface area contributed by atoms with Crippen LogP contribution in [0, 0.1) is 0 Å². The van der Waals surface area contributed by atoms with E-state index in [4.69, 9.17) is 14.2 Å². The van der Waals surface area contributed by atoms with Gasteiger partial charge in [-0.1, -0.05) is 245 Å². The molecule has 0 radical (unpaired) electrons. The Hall–Kier alpha value is -3.94. The van der Waals surface area contributed by atoms with Gasteiger partial charge in [-0.25, -0.2) is 0 Å². The first-order valence-corrected chi connectivity index (χ1v) is 32.3. The number of carbonyl (C=O) groups is 2. The van der Waals surface area contributed by atoms with Crippen LogP contribution in [-0.2, 0) is 23.8 Å². The number of carbonyl (C=O) groups excluding carboxylic acids is 2. The molecule has 0 aromatic rings. The Balaban J connectivity index is 2.73. The highest BCUT2D eigenvalue weighted by atomic mass is 16.7. The molecule has 0 spiro atoms. The number of nitrogens with one attached hydrogen (secondary N) is 1. The molecule has 1 heterocycles. The second kappa shape index (κ2) is 56.5. The Bertz CT molecular complexity index is 1780. The van der Waals surface area contributed by atoms with Crippen molar-refractivity contribution in [3.05, 3.63) is 122 Å². The molecule has 0 aromatic carbocycles. The van der Waals surface area contributed by atoms with E-state index in [-0.39, 0.29) is 19.4 Å². The topological polar surface area (TPSA) is 175 Å². The van der Waals surface area contributed by atoms with Crippen LogP contribution in [0.25, 0.3) is 0 Å². The van der Waals surface area contributed by atoms with Crippen LogP contribution in [0.3, 0.4) is 0 Å². The molecule has 81 heavy (non-hydrogen) atoms. The highest BCUT2D eigenvalue weighted by Gasteiger charge is 2.47. The lowest BCUT2D eigenvalue weighted by Gasteiger charge is -2.41. The summed E-state index contributed by atoms with van der Waals surface area (Å²) >= 11 is 0. The molecule has 8 unspecified atom stereocenters. The van der Waals surface area contributed by atoms with E-state index in [1.165, 1.54) is 77.0 Å². The van der Waals surface area contributed by atoms with Crippen LogP contribution in [0.2, 0.25) is 0 Å². The third-order valence-corrected chi connectivity index (χ3v) is 14.3. The summed E-state index contributed by atoms with van der Waals surface area (Å²) in [7, 11) is 0. The average Bonchev–Trinajstić information content (AvgIpc) is 3.46. The normalized spacial score (nSPS) is 19.5. The van der Waals surface area contributed by atoms with Crippen LogP contribution in [0.15, 0.2) is 122 Å². The average molecular weight is 1130 g/mol. The number of rotatable bonds is 53. The fraction of sp³-hybridized carbons (Fsp3) is 0.686. The highest BCUT2D eigenvalue weighted by molar-refractivity contribution is 5.80. The van der Waals surface area contributed by atoms with Gasteiger partial charge in [0.2, 0.25) is 5.91 Å². The molecule has 1 fully saturated rings. The fourth-order valence-electron chi connectivity index (χ4n) is 9.25. The standard InChI is InChI=1S/C70H117NO10/c1-4-7-10-13-16-19-22-25-27-29-31-33-34-36-39-42-45-48-51-54-57-63(74)69(78)71-61(62(73)56-53-50-47-44-41-38-24-21-18-15-12-9-6-3)60-79-70-68(67(77)66(76)64(59-72)80-70)81-65(75)58-55-52-49-46-43-40-37-35-32-30-28-26-23-20-17-14-11-8-5-2/h7,10,16-17,19-20,25-28,31-33,35-36,39,45,48,53,56,61-64,66-68,70,72-74,76-77H,4-6,8-9,11-15,18,21-24,29-30,34,37-38,40-44,46-47,49-52,54-55,57-60H2,1-3H3,(H,71,78)/b10-7-,19-16-,20-17-,27-25-,28-26-,33-31-,35-32-,39-36-,48-45-,56-53+. The van der Waals surface area contributed by atoms with Crippen LogP contribution >= 0.6 is 0 Å². The molecule has 1 amide bonds. The summed E-state index contributed by atoms with van der Waals surface area (Å²) in [6.45, 7) is 5.61. The minimum absolute atomic E-state index is 0.0969. The Morgan fingerprint density at radius 2 is 0.889 bits per heavy atom. The maximum Gasteiger partial charge on any atom is 0.306 e. The first-order valence-electron chi connectivity index (χ1n) is 32.3. The van der Waals surface area contributed by atoms with E-state index < -0.39 is 67.4 Å². The third kappa shape index (κ3) is 44.3. The Labute approximate surface area is 493 Å². The molecule has 0 saturated carbocycles. The van der Waals surface area contributed by atoms with Crippen molar-refractivity contribution in [1.29, 1.82) is 0 Å². The molecule has 11 nitrogen and oxygen atoms in total. The summed E-state index contributed by atoms with van der Waals surface area (Å²) in [5, 5.41) is 57.0. The molecule has 462 valence electrons. The molecule has 1 aliphatic heterocycles. The van der Waals surface area contributed by atoms with Crippen LogP contribution in [-0.4, -0.2) is 99.6 Å². The molecule has 0 aliphatic carbocycles. The van der Waals surface area contributed by atoms with Gasteiger partial charge in [0.15, 0.2) is 12.4 Å². The first kappa shape index (κ1) is 75.1. The number of ether oxygens (including phenoxy) is 3. The number of hydrogen-bond acceptors (Lipinski definition) is 10. The van der Waals surface area contributed by atoms with Crippen LogP contribution in [0.4, 0.5) is 0 Å². The van der Waals surface area contributed by atoms with Gasteiger partial charge in [0.05, 0.1) is 25.4 Å². The lowest BCUT2D eigenvalue weighted by Crippen LogP contribution is -2.61. The van der Waals surface area contributed by atoms with Gasteiger partial charge in [-0.15, -0.1) is 0 Å². The highest BCUT2D eigenvalue weighted by Crippen LogP contribution is 2.26. The number of hydrogen-bond donors (Lipinski definition) is 6. The van der Waals surface area contributed by atoms with Crippen LogP contribution in [0.1, 0.15) is 245 Å². The van der Waals surface area contributed by atoms with Gasteiger partial charge >= 0.3 is 5.97 Å². The van der Waals surface area contributed by atoms with Gasteiger partial charge in [-0.2, -0.15) is 0 Å². The zero-order valence-electron chi connectivity index (χ0n) is 51.1. The molecule has 1 saturated heterocycles. The lowest BCUT2D eigenvalue weighted by atomic mass is 9.99. The maximum atomic E-state index is 13.4. The molecular weight excluding hydrogens is 1010 g/mol. The van der Waals surface area contributed by atoms with Crippen LogP contribution < -0.4 is 5.32 Å². The molecule has 8 atom stereocenters.